The molecule has 0 bridgehead atoms. The van der Waals surface area contributed by atoms with Gasteiger partial charge in [-0.25, -0.2) is 13.1 Å². The summed E-state index contributed by atoms with van der Waals surface area (Å²) >= 11 is 0. The van der Waals surface area contributed by atoms with E-state index in [2.05, 4.69) is 10.0 Å². The normalized spacial score (nSPS) is 15.3. The summed E-state index contributed by atoms with van der Waals surface area (Å²) < 4.78 is 33.1. The molecule has 2 N–H and O–H groups in total. The van der Waals surface area contributed by atoms with Crippen LogP contribution in [-0.4, -0.2) is 27.5 Å². The predicted octanol–water partition coefficient (Wildman–Crippen LogP) is 3.96. The number of methoxy groups -OCH3 is 1. The van der Waals surface area contributed by atoms with Crippen molar-refractivity contribution in [3.63, 3.8) is 0 Å². The Balaban J connectivity index is 1.61. The van der Waals surface area contributed by atoms with Gasteiger partial charge in [0.1, 0.15) is 5.75 Å². The van der Waals surface area contributed by atoms with Crippen LogP contribution in [0.5, 0.6) is 5.75 Å². The number of hydrogen-bond acceptors (Lipinski definition) is 4. The van der Waals surface area contributed by atoms with Crippen molar-refractivity contribution < 1.29 is 17.9 Å². The van der Waals surface area contributed by atoms with Crippen LogP contribution >= 0.6 is 0 Å². The minimum absolute atomic E-state index is 0.00763. The van der Waals surface area contributed by atoms with Crippen LogP contribution in [0.15, 0.2) is 59.5 Å². The minimum Gasteiger partial charge on any atom is -0.496 e. The van der Waals surface area contributed by atoms with Crippen molar-refractivity contribution in [1.29, 1.82) is 0 Å². The topological polar surface area (TPSA) is 84.5 Å². The summed E-state index contributed by atoms with van der Waals surface area (Å²) in [6.45, 7) is 0. The lowest BCUT2D eigenvalue weighted by atomic mass is 9.96. The molecular formula is C22H26N2O4S. The molecule has 6 nitrogen and oxygen atoms in total. The van der Waals surface area contributed by atoms with Gasteiger partial charge >= 0.3 is 0 Å². The summed E-state index contributed by atoms with van der Waals surface area (Å²) in [5.41, 5.74) is 1.32. The summed E-state index contributed by atoms with van der Waals surface area (Å²) in [6, 6.07) is 13.6. The second kappa shape index (κ2) is 9.71. The molecule has 0 radical (unpaired) electrons. The van der Waals surface area contributed by atoms with Gasteiger partial charge in [0.2, 0.25) is 15.9 Å². The first kappa shape index (κ1) is 21.1. The SMILES string of the molecule is COc1ccccc1C=CC(=O)Nc1ccc(S(=O)(=O)NC2CCCCC2)cc1. The molecule has 1 fully saturated rings. The van der Waals surface area contributed by atoms with Gasteiger partial charge in [0.15, 0.2) is 0 Å². The molecule has 1 aliphatic carbocycles. The zero-order valence-corrected chi connectivity index (χ0v) is 17.2. The fourth-order valence-corrected chi connectivity index (χ4v) is 4.68. The van der Waals surface area contributed by atoms with E-state index in [1.807, 2.05) is 24.3 Å². The van der Waals surface area contributed by atoms with E-state index in [4.69, 9.17) is 4.74 Å². The molecule has 0 aromatic heterocycles. The van der Waals surface area contributed by atoms with E-state index in [1.165, 1.54) is 18.2 Å². The van der Waals surface area contributed by atoms with Gasteiger partial charge in [0.05, 0.1) is 12.0 Å². The number of para-hydroxylation sites is 1. The van der Waals surface area contributed by atoms with Crippen LogP contribution in [0.1, 0.15) is 37.7 Å². The second-order valence-electron chi connectivity index (χ2n) is 7.05. The fourth-order valence-electron chi connectivity index (χ4n) is 3.38. The molecule has 2 aromatic carbocycles. The van der Waals surface area contributed by atoms with E-state index in [0.29, 0.717) is 11.4 Å². The quantitative estimate of drug-likeness (QED) is 0.672. The maximum absolute atomic E-state index is 12.5. The molecule has 1 saturated carbocycles. The first-order chi connectivity index (χ1) is 14.0. The first-order valence-electron chi connectivity index (χ1n) is 9.72. The average molecular weight is 415 g/mol. The minimum atomic E-state index is -3.55. The summed E-state index contributed by atoms with van der Waals surface area (Å²) in [5, 5.41) is 2.73. The Morgan fingerprint density at radius 1 is 1.03 bits per heavy atom. The zero-order chi connectivity index (χ0) is 20.7. The molecule has 1 amide bonds. The lowest BCUT2D eigenvalue weighted by molar-refractivity contribution is -0.111. The van der Waals surface area contributed by atoms with Crippen molar-refractivity contribution in [1.82, 2.24) is 4.72 Å². The lowest BCUT2D eigenvalue weighted by Crippen LogP contribution is -2.36. The highest BCUT2D eigenvalue weighted by molar-refractivity contribution is 7.89. The fraction of sp³-hybridized carbons (Fsp3) is 0.318. The van der Waals surface area contributed by atoms with E-state index in [-0.39, 0.29) is 16.8 Å². The number of sulfonamides is 1. The van der Waals surface area contributed by atoms with Crippen LogP contribution in [0.3, 0.4) is 0 Å². The Morgan fingerprint density at radius 3 is 2.41 bits per heavy atom. The molecule has 154 valence electrons. The van der Waals surface area contributed by atoms with E-state index < -0.39 is 10.0 Å². The Hall–Kier alpha value is -2.64. The number of rotatable bonds is 7. The first-order valence-corrected chi connectivity index (χ1v) is 11.2. The number of amides is 1. The molecule has 0 saturated heterocycles. The monoisotopic (exact) mass is 414 g/mol. The van der Waals surface area contributed by atoms with Crippen LogP contribution < -0.4 is 14.8 Å². The third kappa shape index (κ3) is 5.92. The van der Waals surface area contributed by atoms with Crippen molar-refractivity contribution in [2.24, 2.45) is 0 Å². The van der Waals surface area contributed by atoms with Crippen LogP contribution in [0.25, 0.3) is 6.08 Å². The van der Waals surface area contributed by atoms with Gasteiger partial charge in [-0.2, -0.15) is 0 Å². The highest BCUT2D eigenvalue weighted by atomic mass is 32.2. The number of benzene rings is 2. The van der Waals surface area contributed by atoms with Crippen molar-refractivity contribution in [3.8, 4) is 5.75 Å². The van der Waals surface area contributed by atoms with Gasteiger partial charge in [0, 0.05) is 23.4 Å². The number of hydrogen-bond donors (Lipinski definition) is 2. The molecule has 0 spiro atoms. The predicted molar refractivity (Wildman–Crippen MR) is 114 cm³/mol. The second-order valence-corrected chi connectivity index (χ2v) is 8.76. The average Bonchev–Trinajstić information content (AvgIpc) is 2.73. The van der Waals surface area contributed by atoms with Crippen molar-refractivity contribution in [3.05, 3.63) is 60.2 Å². The van der Waals surface area contributed by atoms with Crippen LogP contribution in [0, 0.1) is 0 Å². The maximum atomic E-state index is 12.5. The van der Waals surface area contributed by atoms with Crippen LogP contribution in [-0.2, 0) is 14.8 Å². The molecule has 1 aliphatic rings. The largest absolute Gasteiger partial charge is 0.496 e. The van der Waals surface area contributed by atoms with Gasteiger partial charge in [-0.1, -0.05) is 37.5 Å². The van der Waals surface area contributed by atoms with Crippen LogP contribution in [0.4, 0.5) is 5.69 Å². The Labute approximate surface area is 172 Å². The van der Waals surface area contributed by atoms with Crippen molar-refractivity contribution in [2.75, 3.05) is 12.4 Å². The van der Waals surface area contributed by atoms with E-state index >= 15 is 0 Å². The highest BCUT2D eigenvalue weighted by Crippen LogP contribution is 2.21. The van der Waals surface area contributed by atoms with Gasteiger partial charge < -0.3 is 10.1 Å². The highest BCUT2D eigenvalue weighted by Gasteiger charge is 2.21. The molecule has 7 heteroatoms. The summed E-state index contributed by atoms with van der Waals surface area (Å²) in [7, 11) is -1.97. The van der Waals surface area contributed by atoms with Crippen LogP contribution in [0.2, 0.25) is 0 Å². The summed E-state index contributed by atoms with van der Waals surface area (Å²) in [5.74, 6) is 0.364. The van der Waals surface area contributed by atoms with Crippen molar-refractivity contribution in [2.45, 2.75) is 43.0 Å². The Morgan fingerprint density at radius 2 is 1.72 bits per heavy atom. The number of anilines is 1. The molecule has 3 rings (SSSR count). The zero-order valence-electron chi connectivity index (χ0n) is 16.4. The lowest BCUT2D eigenvalue weighted by Gasteiger charge is -2.22. The van der Waals surface area contributed by atoms with E-state index in [0.717, 1.165) is 37.7 Å². The third-order valence-corrected chi connectivity index (χ3v) is 6.45. The smallest absolute Gasteiger partial charge is 0.248 e. The molecule has 0 aliphatic heterocycles. The Kier molecular flexibility index (Phi) is 7.06. The Bertz CT molecular complexity index is 963. The van der Waals surface area contributed by atoms with E-state index in [1.54, 1.807) is 25.3 Å². The van der Waals surface area contributed by atoms with Crippen molar-refractivity contribution >= 4 is 27.7 Å². The molecule has 0 atom stereocenters. The summed E-state index contributed by atoms with van der Waals surface area (Å²) in [4.78, 5) is 12.4. The molecular weight excluding hydrogens is 388 g/mol. The molecule has 0 heterocycles. The number of ether oxygens (including phenoxy) is 1. The standard InChI is InChI=1S/C22H26N2O4S/c1-28-21-10-6-5-7-17(21)11-16-22(25)23-18-12-14-20(15-13-18)29(26,27)24-19-8-3-2-4-9-19/h5-7,10-16,19,24H,2-4,8-9H2,1H3,(H,23,25). The molecule has 29 heavy (non-hydrogen) atoms. The van der Waals surface area contributed by atoms with Gasteiger partial charge in [-0.15, -0.1) is 0 Å². The van der Waals surface area contributed by atoms with Gasteiger partial charge in [-0.3, -0.25) is 4.79 Å². The molecule has 0 unspecified atom stereocenters. The third-order valence-electron chi connectivity index (χ3n) is 4.91. The number of carbonyl (C=O) groups is 1. The van der Waals surface area contributed by atoms with E-state index in [9.17, 15) is 13.2 Å². The maximum Gasteiger partial charge on any atom is 0.248 e. The number of nitrogens with one attached hydrogen (secondary N) is 2. The van der Waals surface area contributed by atoms with Gasteiger partial charge in [0.25, 0.3) is 0 Å². The number of carbonyl (C=O) groups excluding carboxylic acids is 1. The molecule has 2 aromatic rings. The summed E-state index contributed by atoms with van der Waals surface area (Å²) in [6.07, 6.45) is 8.12. The van der Waals surface area contributed by atoms with Gasteiger partial charge in [-0.05, 0) is 49.2 Å².